The lowest BCUT2D eigenvalue weighted by molar-refractivity contribution is 0.0526. The number of nitrogens with two attached hydrogens (primary N) is 1. The second-order valence-electron chi connectivity index (χ2n) is 7.53. The topological polar surface area (TPSA) is 89.8 Å². The molecule has 1 aromatic heterocycles. The van der Waals surface area contributed by atoms with Crippen LogP contribution in [0.5, 0.6) is 0 Å². The molecule has 2 aromatic carbocycles. The van der Waals surface area contributed by atoms with Crippen LogP contribution < -0.4 is 5.73 Å². The molecule has 156 valence electrons. The van der Waals surface area contributed by atoms with E-state index in [2.05, 4.69) is 26.3 Å². The summed E-state index contributed by atoms with van der Waals surface area (Å²) < 4.78 is 5.73. The number of aromatic nitrogens is 2. The van der Waals surface area contributed by atoms with Gasteiger partial charge in [0.15, 0.2) is 5.84 Å². The van der Waals surface area contributed by atoms with Crippen molar-refractivity contribution in [3.05, 3.63) is 71.6 Å². The van der Waals surface area contributed by atoms with Crippen LogP contribution in [0.25, 0.3) is 11.5 Å². The van der Waals surface area contributed by atoms with Crippen molar-refractivity contribution in [1.29, 1.82) is 0 Å². The average molecular weight is 406 g/mol. The third-order valence-electron chi connectivity index (χ3n) is 5.25. The summed E-state index contributed by atoms with van der Waals surface area (Å²) in [6, 6.07) is 17.7. The van der Waals surface area contributed by atoms with Crippen LogP contribution in [-0.4, -0.2) is 34.0 Å². The van der Waals surface area contributed by atoms with E-state index in [0.29, 0.717) is 17.6 Å². The van der Waals surface area contributed by atoms with Crippen LogP contribution in [0.3, 0.4) is 0 Å². The maximum atomic E-state index is 6.26. The lowest BCUT2D eigenvalue weighted by atomic mass is 10.0. The maximum absolute atomic E-state index is 6.26. The first-order valence-corrected chi connectivity index (χ1v) is 10.4. The molecular weight excluding hydrogens is 378 g/mol. The molecule has 7 heteroatoms. The van der Waals surface area contributed by atoms with Crippen LogP contribution in [0.4, 0.5) is 0 Å². The van der Waals surface area contributed by atoms with Gasteiger partial charge in [0.05, 0.1) is 0 Å². The van der Waals surface area contributed by atoms with E-state index in [9.17, 15) is 0 Å². The number of likely N-dealkylation sites (tertiary alicyclic amines) is 1. The van der Waals surface area contributed by atoms with Crippen LogP contribution in [0.15, 0.2) is 64.2 Å². The van der Waals surface area contributed by atoms with Crippen LogP contribution in [-0.2, 0) is 11.4 Å². The highest BCUT2D eigenvalue weighted by Crippen LogP contribution is 2.22. The van der Waals surface area contributed by atoms with Gasteiger partial charge < -0.3 is 15.0 Å². The second-order valence-corrected chi connectivity index (χ2v) is 7.53. The van der Waals surface area contributed by atoms with Crippen molar-refractivity contribution < 1.29 is 9.25 Å². The summed E-state index contributed by atoms with van der Waals surface area (Å²) in [6.07, 6.45) is 3.31. The summed E-state index contributed by atoms with van der Waals surface area (Å²) in [4.78, 5) is 8.05. The van der Waals surface area contributed by atoms with Gasteiger partial charge >= 0.3 is 0 Å². The van der Waals surface area contributed by atoms with Gasteiger partial charge in [-0.3, -0.25) is 4.90 Å². The van der Waals surface area contributed by atoms with E-state index in [4.69, 9.17) is 15.0 Å². The highest BCUT2D eigenvalue weighted by atomic mass is 16.6. The molecule has 0 bridgehead atoms. The van der Waals surface area contributed by atoms with Gasteiger partial charge in [0.2, 0.25) is 12.0 Å². The van der Waals surface area contributed by atoms with Crippen molar-refractivity contribution in [3.63, 3.8) is 0 Å². The first-order chi connectivity index (χ1) is 14.7. The molecule has 0 radical (unpaired) electrons. The summed E-state index contributed by atoms with van der Waals surface area (Å²) in [5.74, 6) is 1.15. The van der Waals surface area contributed by atoms with Crippen LogP contribution in [0, 0.1) is 0 Å². The number of piperidine rings is 1. The molecule has 0 saturated carbocycles. The molecule has 1 atom stereocenters. The molecule has 2 N–H and O–H groups in total. The second kappa shape index (κ2) is 9.54. The Morgan fingerprint density at radius 1 is 1.07 bits per heavy atom. The van der Waals surface area contributed by atoms with Gasteiger partial charge in [-0.15, -0.1) is 10.2 Å². The number of hydrogen-bond donors (Lipinski definition) is 1. The average Bonchev–Trinajstić information content (AvgIpc) is 3.29. The number of benzene rings is 2. The summed E-state index contributed by atoms with van der Waals surface area (Å²) in [6.45, 7) is 4.92. The predicted molar refractivity (Wildman–Crippen MR) is 116 cm³/mol. The Hall–Kier alpha value is -3.19. The summed E-state index contributed by atoms with van der Waals surface area (Å²) >= 11 is 0. The Kier molecular flexibility index (Phi) is 6.39. The number of rotatable bonds is 7. The minimum Gasteiger partial charge on any atom is -0.417 e. The molecule has 7 nitrogen and oxygen atoms in total. The molecule has 0 spiro atoms. The Morgan fingerprint density at radius 2 is 1.80 bits per heavy atom. The maximum Gasteiger partial charge on any atom is 0.259 e. The van der Waals surface area contributed by atoms with Crippen LogP contribution in [0.2, 0.25) is 0 Å². The minimum absolute atomic E-state index is 0.345. The Labute approximate surface area is 176 Å². The van der Waals surface area contributed by atoms with Gasteiger partial charge in [-0.1, -0.05) is 54.0 Å². The van der Waals surface area contributed by atoms with Crippen LogP contribution in [0.1, 0.15) is 49.3 Å². The SMILES string of the molecule is C[C@@H](O/N=C(\N)c1ccccc1CN1CCCCC1)c1nnc(-c2ccccc2)o1. The largest absolute Gasteiger partial charge is 0.417 e. The fraction of sp³-hybridized carbons (Fsp3) is 0.348. The standard InChI is InChI=1S/C23H27N5O2/c1-17(22-25-26-23(29-22)18-10-4-2-5-11-18)30-27-21(24)20-13-7-6-12-19(20)16-28-14-8-3-9-15-28/h2,4-7,10-13,17H,3,8-9,14-16H2,1H3,(H2,24,27)/t17-/m1/s1. The van der Waals surface area contributed by atoms with Crippen molar-refractivity contribution >= 4 is 5.84 Å². The Morgan fingerprint density at radius 3 is 2.60 bits per heavy atom. The van der Waals surface area contributed by atoms with E-state index in [0.717, 1.165) is 36.3 Å². The number of oxime groups is 1. The van der Waals surface area contributed by atoms with E-state index < -0.39 is 6.10 Å². The molecule has 1 fully saturated rings. The summed E-state index contributed by atoms with van der Waals surface area (Å²) in [7, 11) is 0. The fourth-order valence-electron chi connectivity index (χ4n) is 3.59. The van der Waals surface area contributed by atoms with E-state index in [1.165, 1.54) is 19.3 Å². The molecule has 1 aliphatic heterocycles. The summed E-state index contributed by atoms with van der Waals surface area (Å²) in [5.41, 5.74) is 9.17. The normalized spacial score (nSPS) is 16.4. The van der Waals surface area contributed by atoms with Crippen molar-refractivity contribution in [2.45, 2.75) is 38.8 Å². The highest BCUT2D eigenvalue weighted by Gasteiger charge is 2.18. The van der Waals surface area contributed by atoms with Gasteiger partial charge in [0, 0.05) is 17.7 Å². The molecule has 2 heterocycles. The molecule has 1 aliphatic rings. The number of hydrogen-bond acceptors (Lipinski definition) is 6. The zero-order valence-electron chi connectivity index (χ0n) is 17.2. The minimum atomic E-state index is -0.511. The van der Waals surface area contributed by atoms with E-state index >= 15 is 0 Å². The quantitative estimate of drug-likeness (QED) is 0.361. The molecule has 0 unspecified atom stereocenters. The van der Waals surface area contributed by atoms with Gasteiger partial charge in [-0.05, 0) is 50.6 Å². The first kappa shape index (κ1) is 20.1. The van der Waals surface area contributed by atoms with E-state index in [1.54, 1.807) is 6.92 Å². The third kappa shape index (κ3) is 4.86. The monoisotopic (exact) mass is 405 g/mol. The van der Waals surface area contributed by atoms with Gasteiger partial charge in [-0.25, -0.2) is 0 Å². The molecule has 4 rings (SSSR count). The van der Waals surface area contributed by atoms with Crippen molar-refractivity contribution in [2.75, 3.05) is 13.1 Å². The summed E-state index contributed by atoms with van der Waals surface area (Å²) in [5, 5.41) is 12.3. The smallest absolute Gasteiger partial charge is 0.259 e. The molecule has 1 saturated heterocycles. The predicted octanol–water partition coefficient (Wildman–Crippen LogP) is 4.12. The zero-order valence-corrected chi connectivity index (χ0v) is 17.2. The van der Waals surface area contributed by atoms with Gasteiger partial charge in [-0.2, -0.15) is 0 Å². The molecule has 3 aromatic rings. The highest BCUT2D eigenvalue weighted by molar-refractivity contribution is 5.98. The van der Waals surface area contributed by atoms with Crippen LogP contribution >= 0.6 is 0 Å². The molecular formula is C23H27N5O2. The first-order valence-electron chi connectivity index (χ1n) is 10.4. The fourth-order valence-corrected chi connectivity index (χ4v) is 3.59. The van der Waals surface area contributed by atoms with Gasteiger partial charge in [0.25, 0.3) is 5.89 Å². The van der Waals surface area contributed by atoms with E-state index in [-0.39, 0.29) is 0 Å². The Bertz CT molecular complexity index is 980. The third-order valence-corrected chi connectivity index (χ3v) is 5.25. The van der Waals surface area contributed by atoms with E-state index in [1.807, 2.05) is 48.5 Å². The van der Waals surface area contributed by atoms with Crippen molar-refractivity contribution in [3.8, 4) is 11.5 Å². The lowest BCUT2D eigenvalue weighted by Gasteiger charge is -2.27. The van der Waals surface area contributed by atoms with Crippen molar-refractivity contribution in [1.82, 2.24) is 15.1 Å². The number of nitrogens with zero attached hydrogens (tertiary/aromatic N) is 4. The zero-order chi connectivity index (χ0) is 20.8. The Balaban J connectivity index is 1.43. The van der Waals surface area contributed by atoms with Gasteiger partial charge in [0.1, 0.15) is 0 Å². The lowest BCUT2D eigenvalue weighted by Crippen LogP contribution is -2.30. The van der Waals surface area contributed by atoms with Crippen molar-refractivity contribution in [2.24, 2.45) is 10.9 Å². The molecule has 30 heavy (non-hydrogen) atoms. The number of amidine groups is 1. The molecule has 0 aliphatic carbocycles. The molecule has 0 amide bonds.